The van der Waals surface area contributed by atoms with E-state index in [0.29, 0.717) is 17.3 Å². The molecule has 0 aliphatic heterocycles. The Kier molecular flexibility index (Phi) is 1.74. The molecule has 0 atom stereocenters. The molecule has 1 N–H and O–H groups in total. The van der Waals surface area contributed by atoms with Gasteiger partial charge in [0.25, 0.3) is 0 Å². The number of nitrogens with one attached hydrogen (secondary N) is 1. The molecule has 4 rings (SSSR count). The molecule has 0 aliphatic rings. The molecule has 0 amide bonds. The summed E-state index contributed by atoms with van der Waals surface area (Å²) < 4.78 is 116. The Balaban J connectivity index is 1.79. The molecule has 0 radical (unpaired) electrons. The van der Waals surface area contributed by atoms with Gasteiger partial charge < -0.3 is 14.3 Å². The Bertz CT molecular complexity index is 1560. The Morgan fingerprint density at radius 2 is 2.32 bits per heavy atom. The fourth-order valence-corrected chi connectivity index (χ4v) is 2.74. The van der Waals surface area contributed by atoms with E-state index in [-0.39, 0.29) is 28.7 Å². The van der Waals surface area contributed by atoms with Crippen molar-refractivity contribution in [3.8, 4) is 11.4 Å². The van der Waals surface area contributed by atoms with E-state index in [4.69, 9.17) is 23.9 Å². The van der Waals surface area contributed by atoms with Crippen LogP contribution in [0.3, 0.4) is 0 Å². The van der Waals surface area contributed by atoms with Gasteiger partial charge in [-0.2, -0.15) is 0 Å². The van der Waals surface area contributed by atoms with Crippen molar-refractivity contribution in [1.29, 1.82) is 0 Å². The van der Waals surface area contributed by atoms with Crippen molar-refractivity contribution in [3.05, 3.63) is 66.1 Å². The molecule has 1 aromatic carbocycles. The number of hydrogen-bond acceptors (Lipinski definition) is 4. The highest BCUT2D eigenvalue weighted by Gasteiger charge is 2.09. The number of thioether (sulfide) groups is 1. The predicted molar refractivity (Wildman–Crippen MR) is 101 cm³/mol. The molecule has 0 unspecified atom stereocenters. The van der Waals surface area contributed by atoms with Crippen molar-refractivity contribution in [1.82, 2.24) is 19.5 Å². The predicted octanol–water partition coefficient (Wildman–Crippen LogP) is 4.36. The summed E-state index contributed by atoms with van der Waals surface area (Å²) in [6, 6.07) is 2.72. The molecule has 0 spiro atoms. The fourth-order valence-electron chi connectivity index (χ4n) is 2.09. The summed E-state index contributed by atoms with van der Waals surface area (Å²) in [6.07, 6.45) is -1.62. The number of rotatable bonds is 5. The zero-order valence-electron chi connectivity index (χ0n) is 26.4. The summed E-state index contributed by atoms with van der Waals surface area (Å²) in [7, 11) is -3.18. The van der Waals surface area contributed by atoms with Crippen LogP contribution in [0.1, 0.15) is 30.4 Å². The van der Waals surface area contributed by atoms with Gasteiger partial charge in [-0.25, -0.2) is 4.98 Å². The molecule has 3 aromatic heterocycles. The first-order valence-corrected chi connectivity index (χ1v) is 7.69. The van der Waals surface area contributed by atoms with Crippen LogP contribution in [0, 0.1) is 6.85 Å². The van der Waals surface area contributed by atoms with Gasteiger partial charge in [0.1, 0.15) is 5.75 Å². The van der Waals surface area contributed by atoms with Gasteiger partial charge in [-0.1, -0.05) is 11.8 Å². The minimum atomic E-state index is -3.18. The Labute approximate surface area is 169 Å². The topological polar surface area (TPSA) is 55.7 Å². The smallest absolute Gasteiger partial charge is 0.166 e. The van der Waals surface area contributed by atoms with Gasteiger partial charge in [-0.3, -0.25) is 4.98 Å². The Morgan fingerprint density at radius 3 is 3.16 bits per heavy atom. The van der Waals surface area contributed by atoms with Gasteiger partial charge in [0.2, 0.25) is 0 Å². The molecule has 0 aliphatic carbocycles. The van der Waals surface area contributed by atoms with Crippen LogP contribution in [0.5, 0.6) is 5.75 Å². The van der Waals surface area contributed by atoms with Gasteiger partial charge >= 0.3 is 0 Å². The molecule has 6 heteroatoms. The molecule has 0 saturated heterocycles. The van der Waals surface area contributed by atoms with Crippen LogP contribution in [0.4, 0.5) is 0 Å². The van der Waals surface area contributed by atoms with E-state index in [1.807, 2.05) is 0 Å². The molecule has 126 valence electrons. The van der Waals surface area contributed by atoms with Crippen molar-refractivity contribution in [2.45, 2.75) is 17.7 Å². The normalized spacial score (nSPS) is 20.8. The maximum absolute atomic E-state index is 8.57. The van der Waals surface area contributed by atoms with Gasteiger partial charge in [0.05, 0.1) is 36.1 Å². The molecular weight excluding hydrogens is 332 g/mol. The highest BCUT2D eigenvalue weighted by Crippen LogP contribution is 2.27. The number of pyridine rings is 1. The maximum Gasteiger partial charge on any atom is 0.166 e. The van der Waals surface area contributed by atoms with Crippen molar-refractivity contribution >= 4 is 22.8 Å². The standard InChI is InChI=1S/C19H18N4OS/c1-13-17(20-8-7-18(13)24-2)12-25-19-21-15-6-5-14(11-16(15)22-19)23-9-3-4-10-23/h3-11H,12H2,1-2H3,(H,21,22)/i1D3,2D3,3D,4D,7D,8D,9D,10D,12D2. The number of ether oxygens (including phenoxy) is 1. The maximum atomic E-state index is 8.57. The van der Waals surface area contributed by atoms with E-state index < -0.39 is 60.9 Å². The zero-order valence-corrected chi connectivity index (χ0v) is 13.2. The molecular formula is C19H18N4OS. The molecule has 5 nitrogen and oxygen atoms in total. The third-order valence-electron chi connectivity index (χ3n) is 3.25. The number of H-pyrrole nitrogens is 1. The summed E-state index contributed by atoms with van der Waals surface area (Å²) in [5.74, 6) is -0.990. The molecule has 3 heterocycles. The lowest BCUT2D eigenvalue weighted by molar-refractivity contribution is 0.410. The van der Waals surface area contributed by atoms with E-state index >= 15 is 0 Å². The van der Waals surface area contributed by atoms with Crippen molar-refractivity contribution in [2.75, 3.05) is 7.04 Å². The zero-order chi connectivity index (χ0) is 29.2. The van der Waals surface area contributed by atoms with Crippen LogP contribution in [0.25, 0.3) is 16.7 Å². The first-order chi connectivity index (χ1) is 17.8. The second-order valence-electron chi connectivity index (χ2n) is 4.76. The molecule has 25 heavy (non-hydrogen) atoms. The Morgan fingerprint density at radius 1 is 1.40 bits per heavy atom. The number of fused-ring (bicyclic) bond motifs is 1. The molecule has 0 bridgehead atoms. The van der Waals surface area contributed by atoms with E-state index in [2.05, 4.69) is 15.0 Å². The van der Waals surface area contributed by atoms with Crippen molar-refractivity contribution in [2.24, 2.45) is 0 Å². The third-order valence-corrected chi connectivity index (χ3v) is 3.93. The lowest BCUT2D eigenvalue weighted by atomic mass is 10.2. The monoisotopic (exact) mass is 364 g/mol. The van der Waals surface area contributed by atoms with Gasteiger partial charge in [-0.05, 0) is 43.2 Å². The lowest BCUT2D eigenvalue weighted by Crippen LogP contribution is -1.95. The number of methoxy groups -OCH3 is 1. The number of aromatic nitrogens is 4. The molecule has 0 fully saturated rings. The van der Waals surface area contributed by atoms with E-state index in [1.165, 1.54) is 18.2 Å². The quantitative estimate of drug-likeness (QED) is 0.535. The van der Waals surface area contributed by atoms with Crippen molar-refractivity contribution in [3.63, 3.8) is 0 Å². The van der Waals surface area contributed by atoms with Crippen LogP contribution in [0.2, 0.25) is 0 Å². The van der Waals surface area contributed by atoms with Crippen LogP contribution in [0.15, 0.2) is 60.0 Å². The van der Waals surface area contributed by atoms with Crippen molar-refractivity contribution < 1.29 is 23.9 Å². The number of aromatic amines is 1. The van der Waals surface area contributed by atoms with Crippen LogP contribution < -0.4 is 4.74 Å². The van der Waals surface area contributed by atoms with Crippen LogP contribution in [-0.4, -0.2) is 26.6 Å². The summed E-state index contributed by atoms with van der Waals surface area (Å²) in [5, 5.41) is -0.0581. The highest BCUT2D eigenvalue weighted by molar-refractivity contribution is 7.98. The van der Waals surface area contributed by atoms with E-state index in [0.717, 1.165) is 4.57 Å². The fraction of sp³-hybridized carbons (Fsp3) is 0.158. The van der Waals surface area contributed by atoms with Gasteiger partial charge in [0, 0.05) is 42.3 Å². The number of nitrogens with zero attached hydrogens (tertiary/aromatic N) is 3. The Hall–Kier alpha value is -2.73. The first kappa shape index (κ1) is 6.53. The second kappa shape index (κ2) is 6.64. The van der Waals surface area contributed by atoms with Crippen LogP contribution in [-0.2, 0) is 5.70 Å². The molecule has 4 aromatic rings. The van der Waals surface area contributed by atoms with Gasteiger partial charge in [0.15, 0.2) is 5.16 Å². The SMILES string of the molecule is [2H]c1nc(C([2H])([2H])Sc2nc3cc(-n4c([2H])c([2H])c([2H])c4[2H])ccc3[nH]2)c(C([2H])([2H])[2H])c(OC([2H])([2H])[2H])c1[2H]. The summed E-state index contributed by atoms with van der Waals surface area (Å²) in [5.41, 5.74) is -3.57. The van der Waals surface area contributed by atoms with Crippen LogP contribution >= 0.6 is 11.8 Å². The minimum Gasteiger partial charge on any atom is -0.496 e. The third kappa shape index (κ3) is 3.13. The molecule has 0 saturated carbocycles. The minimum absolute atomic E-state index is 0.0581. The summed E-state index contributed by atoms with van der Waals surface area (Å²) in [4.78, 5) is 10.8. The lowest BCUT2D eigenvalue weighted by Gasteiger charge is -2.08. The summed E-state index contributed by atoms with van der Waals surface area (Å²) >= 11 is 0.383. The first-order valence-electron chi connectivity index (χ1n) is 13.9. The highest BCUT2D eigenvalue weighted by atomic mass is 32.2. The average molecular weight is 365 g/mol. The number of hydrogen-bond donors (Lipinski definition) is 1. The van der Waals surface area contributed by atoms with E-state index in [1.54, 1.807) is 0 Å². The number of imidazole rings is 1. The summed E-state index contributed by atoms with van der Waals surface area (Å²) in [6.45, 7) is -3.16. The average Bonchev–Trinajstić information content (AvgIpc) is 3.27. The van der Waals surface area contributed by atoms with Gasteiger partial charge in [-0.15, -0.1) is 0 Å². The van der Waals surface area contributed by atoms with E-state index in [9.17, 15) is 0 Å². The second-order valence-corrected chi connectivity index (χ2v) is 5.55. The largest absolute Gasteiger partial charge is 0.496 e. The number of benzene rings is 1.